The molecule has 0 amide bonds. The molecule has 0 atom stereocenters. The van der Waals surface area contributed by atoms with E-state index in [-0.39, 0.29) is 0 Å². The zero-order valence-corrected chi connectivity index (χ0v) is 13.6. The third kappa shape index (κ3) is 3.85. The second-order valence-electron chi connectivity index (χ2n) is 4.73. The van der Waals surface area contributed by atoms with Crippen molar-refractivity contribution < 1.29 is 9.47 Å². The van der Waals surface area contributed by atoms with Crippen LogP contribution in [0.1, 0.15) is 18.1 Å². The van der Waals surface area contributed by atoms with Crippen molar-refractivity contribution >= 4 is 17.5 Å². The summed E-state index contributed by atoms with van der Waals surface area (Å²) in [6.45, 7) is 2.14. The largest absolute Gasteiger partial charge is 0.494 e. The average molecular weight is 316 g/mol. The summed E-state index contributed by atoms with van der Waals surface area (Å²) in [5.74, 6) is 2.16. The number of methoxy groups -OCH3 is 2. The van der Waals surface area contributed by atoms with Gasteiger partial charge in [0.25, 0.3) is 0 Å². The Balaban J connectivity index is 2.23. The Morgan fingerprint density at radius 3 is 2.43 bits per heavy atom. The smallest absolute Gasteiger partial charge is 0.223 e. The second-order valence-corrected chi connectivity index (χ2v) is 4.73. The Hall–Kier alpha value is -2.90. The number of rotatable bonds is 7. The van der Waals surface area contributed by atoms with Crippen LogP contribution in [0.4, 0.5) is 11.8 Å². The van der Waals surface area contributed by atoms with Gasteiger partial charge in [-0.15, -0.1) is 0 Å². The number of aromatic nitrogens is 3. The molecule has 0 aliphatic heterocycles. The normalized spacial score (nSPS) is 10.1. The fourth-order valence-electron chi connectivity index (χ4n) is 2.00. The zero-order chi connectivity index (χ0) is 16.8. The summed E-state index contributed by atoms with van der Waals surface area (Å²) < 4.78 is 10.3. The van der Waals surface area contributed by atoms with Crippen molar-refractivity contribution in [3.63, 3.8) is 0 Å². The van der Waals surface area contributed by atoms with E-state index in [0.29, 0.717) is 35.7 Å². The first-order valence-corrected chi connectivity index (χ1v) is 7.00. The monoisotopic (exact) mass is 316 g/mol. The zero-order valence-electron chi connectivity index (χ0n) is 13.6. The first-order valence-electron chi connectivity index (χ1n) is 7.00. The van der Waals surface area contributed by atoms with Crippen molar-refractivity contribution in [2.45, 2.75) is 13.5 Å². The molecule has 0 unspecified atom stereocenters. The van der Waals surface area contributed by atoms with Crippen LogP contribution in [0, 0.1) is 5.41 Å². The number of nitrogens with one attached hydrogen (secondary N) is 3. The SMILES string of the molecule is CNc1nc(OC)c(CNc2ncc(OC)cn2)cc1C(C)=N. The van der Waals surface area contributed by atoms with Gasteiger partial charge in [-0.1, -0.05) is 0 Å². The fourth-order valence-corrected chi connectivity index (χ4v) is 2.00. The maximum Gasteiger partial charge on any atom is 0.223 e. The Bertz CT molecular complexity index is 687. The molecule has 3 N–H and O–H groups in total. The number of hydrogen-bond acceptors (Lipinski definition) is 8. The van der Waals surface area contributed by atoms with Gasteiger partial charge in [-0.05, 0) is 13.0 Å². The van der Waals surface area contributed by atoms with Gasteiger partial charge in [0.15, 0.2) is 5.75 Å². The molecule has 122 valence electrons. The van der Waals surface area contributed by atoms with E-state index in [0.717, 1.165) is 11.1 Å². The van der Waals surface area contributed by atoms with Crippen LogP contribution in [-0.2, 0) is 6.54 Å². The van der Waals surface area contributed by atoms with E-state index >= 15 is 0 Å². The maximum atomic E-state index is 7.87. The molecule has 0 radical (unpaired) electrons. The van der Waals surface area contributed by atoms with Gasteiger partial charge in [0.2, 0.25) is 11.8 Å². The summed E-state index contributed by atoms with van der Waals surface area (Å²) in [7, 11) is 4.89. The Labute approximate surface area is 134 Å². The molecule has 0 fully saturated rings. The molecule has 8 nitrogen and oxygen atoms in total. The predicted molar refractivity (Wildman–Crippen MR) is 88.7 cm³/mol. The van der Waals surface area contributed by atoms with E-state index in [1.165, 1.54) is 0 Å². The summed E-state index contributed by atoms with van der Waals surface area (Å²) in [4.78, 5) is 12.7. The summed E-state index contributed by atoms with van der Waals surface area (Å²) in [5.41, 5.74) is 1.96. The van der Waals surface area contributed by atoms with Gasteiger partial charge < -0.3 is 25.5 Å². The topological polar surface area (TPSA) is 105 Å². The molecule has 0 aliphatic rings. The van der Waals surface area contributed by atoms with Crippen LogP contribution >= 0.6 is 0 Å². The van der Waals surface area contributed by atoms with Crippen LogP contribution in [0.2, 0.25) is 0 Å². The highest BCUT2D eigenvalue weighted by Gasteiger charge is 2.13. The minimum Gasteiger partial charge on any atom is -0.494 e. The lowest BCUT2D eigenvalue weighted by Gasteiger charge is -2.14. The Morgan fingerprint density at radius 2 is 1.91 bits per heavy atom. The minimum absolute atomic E-state index is 0.423. The van der Waals surface area contributed by atoms with Gasteiger partial charge >= 0.3 is 0 Å². The van der Waals surface area contributed by atoms with Gasteiger partial charge in [-0.25, -0.2) is 9.97 Å². The number of ether oxygens (including phenoxy) is 2. The lowest BCUT2D eigenvalue weighted by molar-refractivity contribution is 0.393. The summed E-state index contributed by atoms with van der Waals surface area (Å²) >= 11 is 0. The van der Waals surface area contributed by atoms with Crippen LogP contribution in [0.3, 0.4) is 0 Å². The average Bonchev–Trinajstić information content (AvgIpc) is 2.59. The number of anilines is 2. The van der Waals surface area contributed by atoms with Crippen molar-refractivity contribution in [1.82, 2.24) is 15.0 Å². The Morgan fingerprint density at radius 1 is 1.22 bits per heavy atom. The molecule has 0 bridgehead atoms. The molecule has 0 aromatic carbocycles. The minimum atomic E-state index is 0.423. The highest BCUT2D eigenvalue weighted by atomic mass is 16.5. The number of pyridine rings is 1. The predicted octanol–water partition coefficient (Wildman–Crippen LogP) is 1.93. The molecule has 0 spiro atoms. The number of nitrogens with zero attached hydrogens (tertiary/aromatic N) is 3. The summed E-state index contributed by atoms with van der Waals surface area (Å²) in [6.07, 6.45) is 3.17. The third-order valence-corrected chi connectivity index (χ3v) is 3.20. The van der Waals surface area contributed by atoms with Crippen molar-refractivity contribution in [2.24, 2.45) is 0 Å². The Kier molecular flexibility index (Phi) is 5.29. The van der Waals surface area contributed by atoms with Crippen LogP contribution in [0.5, 0.6) is 11.6 Å². The lowest BCUT2D eigenvalue weighted by Crippen LogP contribution is -2.10. The molecule has 2 aromatic rings. The van der Waals surface area contributed by atoms with Crippen molar-refractivity contribution in [3.05, 3.63) is 29.6 Å². The molecule has 0 saturated heterocycles. The van der Waals surface area contributed by atoms with E-state index in [4.69, 9.17) is 14.9 Å². The molecular formula is C15H20N6O2. The summed E-state index contributed by atoms with van der Waals surface area (Å²) in [6, 6.07) is 1.87. The van der Waals surface area contributed by atoms with Gasteiger partial charge in [-0.3, -0.25) is 0 Å². The van der Waals surface area contributed by atoms with Crippen LogP contribution < -0.4 is 20.1 Å². The molecular weight excluding hydrogens is 296 g/mol. The van der Waals surface area contributed by atoms with Crippen molar-refractivity contribution in [3.8, 4) is 11.6 Å². The van der Waals surface area contributed by atoms with Gasteiger partial charge in [-0.2, -0.15) is 4.98 Å². The second kappa shape index (κ2) is 7.39. The molecule has 0 aliphatic carbocycles. The molecule has 0 saturated carbocycles. The number of hydrogen-bond donors (Lipinski definition) is 3. The van der Waals surface area contributed by atoms with E-state index < -0.39 is 0 Å². The van der Waals surface area contributed by atoms with E-state index in [2.05, 4.69) is 25.6 Å². The third-order valence-electron chi connectivity index (χ3n) is 3.20. The molecule has 23 heavy (non-hydrogen) atoms. The molecule has 2 aromatic heterocycles. The summed E-state index contributed by atoms with van der Waals surface area (Å²) in [5, 5.41) is 13.9. The highest BCUT2D eigenvalue weighted by Crippen LogP contribution is 2.24. The fraction of sp³-hybridized carbons (Fsp3) is 0.333. The molecule has 2 rings (SSSR count). The maximum absolute atomic E-state index is 7.87. The molecule has 2 heterocycles. The van der Waals surface area contributed by atoms with Crippen LogP contribution in [-0.4, -0.2) is 41.9 Å². The lowest BCUT2D eigenvalue weighted by atomic mass is 10.1. The van der Waals surface area contributed by atoms with E-state index in [1.54, 1.807) is 40.6 Å². The highest BCUT2D eigenvalue weighted by molar-refractivity contribution is 6.00. The van der Waals surface area contributed by atoms with E-state index in [1.807, 2.05) is 6.07 Å². The van der Waals surface area contributed by atoms with Crippen molar-refractivity contribution in [2.75, 3.05) is 31.9 Å². The first kappa shape index (κ1) is 16.5. The van der Waals surface area contributed by atoms with E-state index in [9.17, 15) is 0 Å². The van der Waals surface area contributed by atoms with Crippen molar-refractivity contribution in [1.29, 1.82) is 5.41 Å². The standard InChI is InChI=1S/C15H20N6O2/c1-9(16)12-5-10(14(23-4)21-13(12)17-2)6-18-15-19-7-11(22-3)8-20-15/h5,7-8,16H,6H2,1-4H3,(H,17,21)(H,18,19,20). The van der Waals surface area contributed by atoms with Crippen LogP contribution in [0.15, 0.2) is 18.5 Å². The van der Waals surface area contributed by atoms with Gasteiger partial charge in [0, 0.05) is 30.4 Å². The first-order chi connectivity index (χ1) is 11.1. The van der Waals surface area contributed by atoms with Crippen LogP contribution in [0.25, 0.3) is 0 Å². The quantitative estimate of drug-likeness (QED) is 0.670. The van der Waals surface area contributed by atoms with Gasteiger partial charge in [0.1, 0.15) is 5.82 Å². The molecule has 8 heteroatoms. The van der Waals surface area contributed by atoms with Gasteiger partial charge in [0.05, 0.1) is 26.6 Å².